The van der Waals surface area contributed by atoms with Crippen LogP contribution in [0.2, 0.25) is 0 Å². The molecule has 2 atom stereocenters. The Bertz CT molecular complexity index is 1630. The molecule has 5 aliphatic carbocycles. The fourth-order valence-electron chi connectivity index (χ4n) is 10.4. The number of hydrogen-bond donors (Lipinski definition) is 0. The predicted molar refractivity (Wildman–Crippen MR) is 194 cm³/mol. The van der Waals surface area contributed by atoms with Gasteiger partial charge < -0.3 is 24.8 Å². The van der Waals surface area contributed by atoms with Crippen molar-refractivity contribution in [1.29, 1.82) is 0 Å². The zero-order valence-corrected chi connectivity index (χ0v) is 35.9. The van der Waals surface area contributed by atoms with Gasteiger partial charge in [-0.3, -0.25) is 0 Å². The van der Waals surface area contributed by atoms with Crippen molar-refractivity contribution in [2.45, 2.75) is 126 Å². The van der Waals surface area contributed by atoms with Gasteiger partial charge in [-0.05, 0) is 53.4 Å². The van der Waals surface area contributed by atoms with Gasteiger partial charge in [0.2, 0.25) is 0 Å². The topological polar surface area (TPSA) is 0 Å². The second-order valence-electron chi connectivity index (χ2n) is 17.3. The minimum atomic E-state index is -4.01. The van der Waals surface area contributed by atoms with Gasteiger partial charge in [-0.2, -0.15) is 47.6 Å². The fourth-order valence-corrected chi connectivity index (χ4v) is 10.4. The monoisotopic (exact) mass is 802 g/mol. The van der Waals surface area contributed by atoms with E-state index < -0.39 is 12.1 Å². The first-order valence-electron chi connectivity index (χ1n) is 18.0. The third-order valence-corrected chi connectivity index (χ3v) is 15.0. The van der Waals surface area contributed by atoms with Crippen LogP contribution in [-0.4, -0.2) is 10.4 Å². The van der Waals surface area contributed by atoms with Crippen LogP contribution < -0.4 is 24.8 Å². The molecule has 7 rings (SSSR count). The van der Waals surface area contributed by atoms with E-state index >= 15 is 0 Å². The van der Waals surface area contributed by atoms with Gasteiger partial charge in [0.1, 0.15) is 0 Å². The number of halogens is 5. The number of aryl methyl sites for hydroxylation is 1. The number of rotatable bonds is 1. The Kier molecular flexibility index (Phi) is 12.9. The van der Waals surface area contributed by atoms with E-state index in [1.807, 2.05) is 13.0 Å². The summed E-state index contributed by atoms with van der Waals surface area (Å²) in [7, 11) is 0. The van der Waals surface area contributed by atoms with Crippen molar-refractivity contribution in [1.82, 2.24) is 0 Å². The minimum Gasteiger partial charge on any atom is -1.00 e. The molecule has 0 bridgehead atoms. The van der Waals surface area contributed by atoms with Crippen molar-refractivity contribution in [3.8, 4) is 0 Å². The van der Waals surface area contributed by atoms with E-state index in [-0.39, 0.29) is 64.7 Å². The Hall–Kier alpha value is -1.22. The van der Waals surface area contributed by atoms with Crippen LogP contribution in [0.5, 0.6) is 0 Å². The van der Waals surface area contributed by atoms with E-state index in [9.17, 15) is 13.2 Å². The van der Waals surface area contributed by atoms with Crippen molar-refractivity contribution in [3.63, 3.8) is 0 Å². The van der Waals surface area contributed by atoms with Crippen LogP contribution in [0.4, 0.5) is 13.2 Å². The van der Waals surface area contributed by atoms with E-state index in [1.54, 1.807) is 28.2 Å². The van der Waals surface area contributed by atoms with Crippen LogP contribution in [0.15, 0.2) is 71.3 Å². The van der Waals surface area contributed by atoms with Gasteiger partial charge in [-0.25, -0.2) is 12.0 Å². The normalized spacial score (nSPS) is 29.8. The Morgan fingerprint density at radius 2 is 1.50 bits per heavy atom. The molecule has 6 heteroatoms. The molecule has 0 saturated heterocycles. The second kappa shape index (κ2) is 14.9. The summed E-state index contributed by atoms with van der Waals surface area (Å²) in [6, 6.07) is 15.4. The van der Waals surface area contributed by atoms with E-state index in [2.05, 4.69) is 115 Å². The summed E-state index contributed by atoms with van der Waals surface area (Å²) in [5.41, 5.74) is 12.6. The molecule has 0 nitrogen and oxygen atoms in total. The Balaban J connectivity index is 0.000000278. The van der Waals surface area contributed by atoms with E-state index in [0.717, 1.165) is 6.42 Å². The van der Waals surface area contributed by atoms with E-state index in [4.69, 9.17) is 0 Å². The third kappa shape index (κ3) is 6.50. The van der Waals surface area contributed by atoms with E-state index in [0.29, 0.717) is 18.8 Å². The Morgan fingerprint density at radius 1 is 0.900 bits per heavy atom. The summed E-state index contributed by atoms with van der Waals surface area (Å²) < 4.78 is 41.1. The molecule has 2 fully saturated rings. The summed E-state index contributed by atoms with van der Waals surface area (Å²) in [4.78, 5) is 0. The summed E-state index contributed by atoms with van der Waals surface area (Å²) in [5, 5.41) is 0. The quantitative estimate of drug-likeness (QED) is 0.283. The summed E-state index contributed by atoms with van der Waals surface area (Å²) >= 11 is 1.30. The molecule has 2 aromatic carbocycles. The van der Waals surface area contributed by atoms with Gasteiger partial charge in [0.25, 0.3) is 0 Å². The largest absolute Gasteiger partial charge is 1.00 e. The molecular formula is C44H57Cl2F3Zr-2. The van der Waals surface area contributed by atoms with Gasteiger partial charge in [-0.15, -0.1) is 6.92 Å². The summed E-state index contributed by atoms with van der Waals surface area (Å²) in [6.07, 6.45) is 6.31. The molecule has 0 spiro atoms. The Morgan fingerprint density at radius 3 is 2.06 bits per heavy atom. The van der Waals surface area contributed by atoms with Crippen LogP contribution in [0, 0.1) is 46.3 Å². The van der Waals surface area contributed by atoms with E-state index in [1.165, 1.54) is 59.3 Å². The van der Waals surface area contributed by atoms with Gasteiger partial charge in [0.05, 0.1) is 5.92 Å². The molecule has 274 valence electrons. The Labute approximate surface area is 328 Å². The van der Waals surface area contributed by atoms with Crippen LogP contribution in [0.25, 0.3) is 5.57 Å². The van der Waals surface area contributed by atoms with Gasteiger partial charge >= 0.3 is 34.6 Å². The average molecular weight is 805 g/mol. The molecule has 2 saturated carbocycles. The molecule has 0 N–H and O–H groups in total. The average Bonchev–Trinajstić information content (AvgIpc) is 3.65. The van der Waals surface area contributed by atoms with Crippen LogP contribution >= 0.6 is 0 Å². The molecular weight excluding hydrogens is 748 g/mol. The zero-order chi connectivity index (χ0) is 35.7. The number of fused-ring (bicyclic) bond motifs is 6. The molecule has 0 aromatic heterocycles. The second-order valence-corrected chi connectivity index (χ2v) is 17.3. The van der Waals surface area contributed by atoms with Crippen molar-refractivity contribution < 1.29 is 62.2 Å². The third-order valence-electron chi connectivity index (χ3n) is 15.0. The molecule has 0 radical (unpaired) electrons. The van der Waals surface area contributed by atoms with Gasteiger partial charge in [-0.1, -0.05) is 146 Å². The standard InChI is InChI=1S/C29H37.C14H18F3.CH2.2ClH.Zr/c1-18-25-22-17-19-13-9-10-14-20(19)24(22)21-15-11-12-16-23(21)29(25,8)28(6,7)27(4,5)26(18,2)3;1-10-3-4-12(9-10)13(2)7-5-11(6-8-13)14(15,16)17;;;;/h9-11,13-15,23H,12,16-17H2,1-8H3;3-4,9,11H,5-8H2,1-2H3;1H2;2*1H;/q2*-1;;;;+2/p-2. The van der Waals surface area contributed by atoms with Crippen molar-refractivity contribution in [3.05, 3.63) is 99.5 Å². The summed E-state index contributed by atoms with van der Waals surface area (Å²) in [5.74, 6) is 1.15. The maximum absolute atomic E-state index is 12.6. The minimum absolute atomic E-state index is 0. The molecule has 2 unspecified atom stereocenters. The van der Waals surface area contributed by atoms with Crippen LogP contribution in [-0.2, 0) is 36.1 Å². The van der Waals surface area contributed by atoms with Crippen LogP contribution in [0.1, 0.15) is 123 Å². The first-order valence-corrected chi connectivity index (χ1v) is 19.8. The van der Waals surface area contributed by atoms with Crippen molar-refractivity contribution in [2.24, 2.45) is 33.5 Å². The van der Waals surface area contributed by atoms with Gasteiger partial charge in [0.15, 0.2) is 0 Å². The molecule has 0 heterocycles. The number of alkyl halides is 3. The van der Waals surface area contributed by atoms with Gasteiger partial charge in [0, 0.05) is 0 Å². The molecule has 0 amide bonds. The predicted octanol–water partition coefficient (Wildman–Crippen LogP) is 6.66. The number of hydrogen-bond acceptors (Lipinski definition) is 0. The van der Waals surface area contributed by atoms with Crippen LogP contribution in [0.3, 0.4) is 0 Å². The number of allylic oxidation sites excluding steroid dienone is 6. The molecule has 0 aliphatic heterocycles. The number of benzene rings is 1. The zero-order valence-electron chi connectivity index (χ0n) is 31.9. The first kappa shape index (κ1) is 43.2. The molecule has 5 aliphatic rings. The first-order chi connectivity index (χ1) is 22.3. The molecule has 2 aromatic rings. The maximum atomic E-state index is 12.6. The van der Waals surface area contributed by atoms with Crippen molar-refractivity contribution >= 4 is 9.78 Å². The summed E-state index contributed by atoms with van der Waals surface area (Å²) in [6.45, 7) is 24.4. The maximum Gasteiger partial charge on any atom is -1.00 e. The SMILES string of the molecule is C[C-]1C2=C3Cc4ccccc4C3=C3C=CCCC3C2(C)C(C)(C)C(C)(C)C1(C)C.Cc1cc(C2(C)CCC(C(F)(F)F)CC2)c[cH-]1.[CH2]=[Zr+2].[Cl-].[Cl-]. The van der Waals surface area contributed by atoms with Crippen molar-refractivity contribution in [2.75, 3.05) is 0 Å². The molecule has 50 heavy (non-hydrogen) atoms. The fraction of sp³-hybridized carbons (Fsp3) is 0.568. The smallest absolute Gasteiger partial charge is 1.00 e.